The zero-order valence-electron chi connectivity index (χ0n) is 61.6. The van der Waals surface area contributed by atoms with E-state index in [1.807, 2.05) is 6.92 Å². The van der Waals surface area contributed by atoms with Gasteiger partial charge in [-0.25, -0.2) is 8.78 Å². The standard InChI is InChI=1S/C87H108F2N2O4/c1-53-40-61(89)50-69(68-42-59(87(22,23)52-81(5,6)7)48-75(78(68)93)91-72-45-56(84(14,15)16)30-35-64(72)65-36-31-57(46-73(65)91)85(17,18)19)79(53)95(25)39-27-26-38-94(24)76-37-32-60(88)49-66(76)67-41-58(86(20,21)51-80(2,3)4)47-74(77(67)92)90-70-43-54(82(8,9)10)28-33-62(70)63-34-29-55(44-71(63)90)83(11,12)13/h28-37,40-50,92-93H,24-27,38-39,51-52H2,1-23H3. The van der Waals surface area contributed by atoms with Crippen molar-refractivity contribution >= 4 is 43.6 Å². The molecule has 0 fully saturated rings. The second-order valence-corrected chi connectivity index (χ2v) is 35.5. The lowest BCUT2D eigenvalue weighted by molar-refractivity contribution is 0.00483. The molecule has 95 heavy (non-hydrogen) atoms. The maximum atomic E-state index is 16.4. The maximum absolute atomic E-state index is 16.4. The largest absolute Gasteiger partial charge is 0.711 e. The smallest absolute Gasteiger partial charge is 0.237 e. The van der Waals surface area contributed by atoms with E-state index in [4.69, 9.17) is 0 Å². The summed E-state index contributed by atoms with van der Waals surface area (Å²) < 4.78 is 43.1. The molecular weight excluding hydrogens is 1170 g/mol. The van der Waals surface area contributed by atoms with Crippen molar-refractivity contribution in [3.8, 4) is 56.6 Å². The first-order valence-corrected chi connectivity index (χ1v) is 34.3. The minimum atomic E-state index is -0.435. The Morgan fingerprint density at radius 2 is 0.705 bits per heavy atom. The molecule has 0 aliphatic rings. The topological polar surface area (TPSA) is 55.7 Å². The molecule has 6 nitrogen and oxygen atoms in total. The number of nitrogens with zero attached hydrogens (tertiary/aromatic N) is 2. The van der Waals surface area contributed by atoms with E-state index in [9.17, 15) is 10.2 Å². The lowest BCUT2D eigenvalue weighted by atomic mass is 9.71. The van der Waals surface area contributed by atoms with E-state index < -0.39 is 11.6 Å². The number of hydrogen-bond donors (Lipinski definition) is 2. The number of unbranched alkanes of at least 4 members (excludes halogenated alkanes) is 1. The van der Waals surface area contributed by atoms with Crippen LogP contribution < -0.4 is 0 Å². The van der Waals surface area contributed by atoms with E-state index in [0.717, 1.165) is 67.6 Å². The highest BCUT2D eigenvalue weighted by molar-refractivity contribution is 6.11. The van der Waals surface area contributed by atoms with Gasteiger partial charge in [0.15, 0.2) is 0 Å². The summed E-state index contributed by atoms with van der Waals surface area (Å²) in [4.78, 5) is 0. The first-order valence-electron chi connectivity index (χ1n) is 34.3. The average Bonchev–Trinajstić information content (AvgIpc) is 1.62. The van der Waals surface area contributed by atoms with Crippen molar-refractivity contribution in [3.05, 3.63) is 192 Å². The number of halogens is 2. The lowest BCUT2D eigenvalue weighted by Crippen LogP contribution is -2.25. The molecule has 0 bridgehead atoms. The maximum Gasteiger partial charge on any atom is 0.237 e. The van der Waals surface area contributed by atoms with E-state index in [0.29, 0.717) is 76.7 Å². The van der Waals surface area contributed by atoms with Gasteiger partial charge in [0.25, 0.3) is 0 Å². The molecule has 0 saturated carbocycles. The summed E-state index contributed by atoms with van der Waals surface area (Å²) in [5.41, 5.74) is 13.2. The highest BCUT2D eigenvalue weighted by Crippen LogP contribution is 2.53. The van der Waals surface area contributed by atoms with Gasteiger partial charge in [0.05, 0.1) is 44.6 Å². The highest BCUT2D eigenvalue weighted by Gasteiger charge is 2.35. The molecule has 0 spiro atoms. The molecule has 8 heteroatoms. The third-order valence-electron chi connectivity index (χ3n) is 19.6. The predicted octanol–water partition coefficient (Wildman–Crippen LogP) is 25.4. The van der Waals surface area contributed by atoms with Crippen LogP contribution in [0.2, 0.25) is 0 Å². The van der Waals surface area contributed by atoms with Crippen molar-refractivity contribution in [1.82, 2.24) is 9.13 Å². The van der Waals surface area contributed by atoms with Crippen molar-refractivity contribution in [1.29, 1.82) is 0 Å². The Hall–Kier alpha value is -7.58. The minimum absolute atomic E-state index is 0.0392. The van der Waals surface area contributed by atoms with Gasteiger partial charge in [0.1, 0.15) is 36.3 Å². The number of hydrogen-bond acceptors (Lipinski definition) is 2. The molecular formula is C87H108F2N2O4. The Labute approximate surface area is 567 Å². The van der Waals surface area contributed by atoms with Gasteiger partial charge >= 0.3 is 0 Å². The first kappa shape index (κ1) is 70.2. The summed E-state index contributed by atoms with van der Waals surface area (Å²) >= 11 is 0. The lowest BCUT2D eigenvalue weighted by Gasteiger charge is -2.35. The molecule has 0 aliphatic carbocycles. The second kappa shape index (κ2) is 24.5. The Morgan fingerprint density at radius 3 is 1.05 bits per heavy atom. The SMILES string of the molecule is [CH2-][O+](CCCC[O+]([CH2-])c1c(C)cc(F)cc1-c1cc(C(C)(C)CC(C)(C)C)cc(-n2c3cc(C(C)(C)C)ccc3c3ccc(C(C)(C)C)cc32)c1O)c1ccc(F)cc1-c1cc(C(C)(C)CC(C)(C)C)cc(-n2c3cc(C(C)(C)C)ccc3c3ccc(C(C)(C)C)cc32)c1O. The Bertz CT molecular complexity index is 4440. The van der Waals surface area contributed by atoms with E-state index >= 15 is 8.78 Å². The zero-order valence-corrected chi connectivity index (χ0v) is 61.6. The summed E-state index contributed by atoms with van der Waals surface area (Å²) in [6.45, 7) is 52.0. The van der Waals surface area contributed by atoms with Gasteiger partial charge in [0.2, 0.25) is 11.5 Å². The van der Waals surface area contributed by atoms with Crippen LogP contribution in [0.4, 0.5) is 8.78 Å². The molecule has 0 aliphatic heterocycles. The summed E-state index contributed by atoms with van der Waals surface area (Å²) in [7, 11) is 9.12. The molecule has 0 saturated heterocycles. The number of aromatic hydroxyl groups is 2. The van der Waals surface area contributed by atoms with Crippen LogP contribution in [0.5, 0.6) is 23.0 Å². The molecule has 2 N–H and O–H groups in total. The van der Waals surface area contributed by atoms with Gasteiger partial charge in [-0.15, -0.1) is 0 Å². The van der Waals surface area contributed by atoms with E-state index in [-0.39, 0.29) is 54.8 Å². The molecule has 0 radical (unpaired) electrons. The van der Waals surface area contributed by atoms with Crippen LogP contribution in [0.25, 0.3) is 77.2 Å². The molecule has 10 aromatic rings. The number of fused-ring (bicyclic) bond motifs is 6. The normalized spacial score (nSPS) is 13.3. The van der Waals surface area contributed by atoms with Crippen molar-refractivity contribution < 1.29 is 27.7 Å². The summed E-state index contributed by atoms with van der Waals surface area (Å²) in [6, 6.07) is 43.1. The van der Waals surface area contributed by atoms with Crippen LogP contribution >= 0.6 is 0 Å². The van der Waals surface area contributed by atoms with Gasteiger partial charge in [-0.1, -0.05) is 201 Å². The molecule has 8 aromatic carbocycles. The molecule has 2 aromatic heterocycles. The van der Waals surface area contributed by atoms with Crippen molar-refractivity contribution in [2.24, 2.45) is 10.8 Å². The summed E-state index contributed by atoms with van der Waals surface area (Å²) in [6.07, 6.45) is 2.90. The zero-order chi connectivity index (χ0) is 70.0. The fourth-order valence-corrected chi connectivity index (χ4v) is 15.1. The van der Waals surface area contributed by atoms with Crippen LogP contribution in [-0.2, 0) is 41.2 Å². The fourth-order valence-electron chi connectivity index (χ4n) is 15.1. The van der Waals surface area contributed by atoms with Crippen molar-refractivity contribution in [2.75, 3.05) is 13.2 Å². The Kier molecular flexibility index (Phi) is 18.1. The number of phenolic OH excluding ortho intramolecular Hbond substituents is 2. The van der Waals surface area contributed by atoms with Gasteiger partial charge in [-0.05, 0) is 183 Å². The number of aryl methyl sites for hydroxylation is 1. The van der Waals surface area contributed by atoms with Crippen molar-refractivity contribution in [3.63, 3.8) is 0 Å². The van der Waals surface area contributed by atoms with E-state index in [1.165, 1.54) is 46.5 Å². The predicted molar refractivity (Wildman–Crippen MR) is 400 cm³/mol. The molecule has 0 unspecified atom stereocenters. The van der Waals surface area contributed by atoms with Gasteiger partial charge in [0, 0.05) is 57.1 Å². The molecule has 10 rings (SSSR count). The average molecular weight is 1280 g/mol. The first-order chi connectivity index (χ1) is 43.7. The number of benzene rings is 8. The monoisotopic (exact) mass is 1280 g/mol. The van der Waals surface area contributed by atoms with Crippen LogP contribution in [0.15, 0.2) is 127 Å². The third-order valence-corrected chi connectivity index (χ3v) is 19.6. The Balaban J connectivity index is 1.05. The molecule has 0 amide bonds. The fraction of sp³-hybridized carbons (Fsp3) is 0.425. The van der Waals surface area contributed by atoms with Crippen LogP contribution in [0.1, 0.15) is 217 Å². The summed E-state index contributed by atoms with van der Waals surface area (Å²) in [5.74, 6) is 0.458. The number of rotatable bonds is 15. The molecule has 0 atom stereocenters. The van der Waals surface area contributed by atoms with Crippen LogP contribution in [0.3, 0.4) is 0 Å². The quantitative estimate of drug-likeness (QED) is 0.0611. The van der Waals surface area contributed by atoms with E-state index in [1.54, 1.807) is 6.07 Å². The number of phenols is 2. The van der Waals surface area contributed by atoms with Gasteiger partial charge < -0.3 is 28.1 Å². The van der Waals surface area contributed by atoms with Crippen molar-refractivity contribution in [2.45, 2.75) is 217 Å². The second-order valence-electron chi connectivity index (χ2n) is 35.5. The van der Waals surface area contributed by atoms with Crippen LogP contribution in [0, 0.1) is 43.6 Å². The number of aromatic nitrogens is 2. The summed E-state index contributed by atoms with van der Waals surface area (Å²) in [5, 5.41) is 30.9. The minimum Gasteiger partial charge on any atom is -0.711 e. The van der Waals surface area contributed by atoms with E-state index in [2.05, 4.69) is 281 Å². The molecule has 504 valence electrons. The van der Waals surface area contributed by atoms with Crippen LogP contribution in [-0.4, -0.2) is 32.6 Å². The Morgan fingerprint density at radius 1 is 0.368 bits per heavy atom. The highest BCUT2D eigenvalue weighted by atomic mass is 19.1. The van der Waals surface area contributed by atoms with Gasteiger partial charge in [-0.2, -0.15) is 0 Å². The molecule has 2 heterocycles. The van der Waals surface area contributed by atoms with Gasteiger partial charge in [-0.3, -0.25) is 0 Å². The third kappa shape index (κ3) is 14.2.